The van der Waals surface area contributed by atoms with E-state index in [1.165, 1.54) is 0 Å². The second-order valence-corrected chi connectivity index (χ2v) is 4.68. The minimum absolute atomic E-state index is 0.0484. The van der Waals surface area contributed by atoms with Gasteiger partial charge < -0.3 is 4.65 Å². The monoisotopic (exact) mass is 274 g/mol. The molecule has 0 aliphatic heterocycles. The standard InChI is InChI=1S/C16H27BN2O/c1-6-18(7-2)17(19(8-3)9-4)20-15(5)16-13-11-10-12-14-16/h10-14H,5-9H2,1-4H3. The lowest BCUT2D eigenvalue weighted by molar-refractivity contribution is 0.284. The average Bonchev–Trinajstić information content (AvgIpc) is 2.50. The molecule has 0 bridgehead atoms. The predicted molar refractivity (Wildman–Crippen MR) is 88.2 cm³/mol. The van der Waals surface area contributed by atoms with Crippen LogP contribution in [0.1, 0.15) is 33.3 Å². The first-order chi connectivity index (χ1) is 9.67. The van der Waals surface area contributed by atoms with Crippen molar-refractivity contribution in [2.45, 2.75) is 27.7 Å². The van der Waals surface area contributed by atoms with Crippen LogP contribution in [-0.4, -0.2) is 43.0 Å². The van der Waals surface area contributed by atoms with Gasteiger partial charge in [-0.3, -0.25) is 9.62 Å². The van der Waals surface area contributed by atoms with Gasteiger partial charge in [0.2, 0.25) is 0 Å². The molecule has 0 saturated carbocycles. The summed E-state index contributed by atoms with van der Waals surface area (Å²) in [5.41, 5.74) is 1.04. The fourth-order valence-electron chi connectivity index (χ4n) is 2.27. The van der Waals surface area contributed by atoms with E-state index in [0.29, 0.717) is 0 Å². The third-order valence-electron chi connectivity index (χ3n) is 3.59. The van der Waals surface area contributed by atoms with Crippen LogP contribution in [0.15, 0.2) is 36.9 Å². The summed E-state index contributed by atoms with van der Waals surface area (Å²) in [5, 5.41) is 0. The lowest BCUT2D eigenvalue weighted by atomic mass is 9.92. The summed E-state index contributed by atoms with van der Waals surface area (Å²) in [7, 11) is -0.0484. The van der Waals surface area contributed by atoms with Crippen LogP contribution in [-0.2, 0) is 4.65 Å². The Bertz CT molecular complexity index is 377. The second-order valence-electron chi connectivity index (χ2n) is 4.68. The summed E-state index contributed by atoms with van der Waals surface area (Å²) in [5.74, 6) is 0.731. The molecule has 0 heterocycles. The summed E-state index contributed by atoms with van der Waals surface area (Å²) in [6, 6.07) is 10.1. The van der Waals surface area contributed by atoms with E-state index in [4.69, 9.17) is 4.65 Å². The maximum atomic E-state index is 6.18. The van der Waals surface area contributed by atoms with E-state index in [0.717, 1.165) is 37.5 Å². The minimum atomic E-state index is -0.0484. The van der Waals surface area contributed by atoms with Gasteiger partial charge in [0.05, 0.1) is 0 Å². The fourth-order valence-corrected chi connectivity index (χ4v) is 2.27. The van der Waals surface area contributed by atoms with Gasteiger partial charge in [-0.25, -0.2) is 0 Å². The molecule has 1 aromatic rings. The van der Waals surface area contributed by atoms with Crippen molar-refractivity contribution < 1.29 is 4.65 Å². The number of hydrogen-bond acceptors (Lipinski definition) is 3. The fraction of sp³-hybridized carbons (Fsp3) is 0.500. The van der Waals surface area contributed by atoms with E-state index in [1.54, 1.807) is 0 Å². The van der Waals surface area contributed by atoms with Crippen molar-refractivity contribution in [1.82, 2.24) is 9.62 Å². The molecule has 0 spiro atoms. The third-order valence-corrected chi connectivity index (χ3v) is 3.59. The first kappa shape index (κ1) is 16.8. The van der Waals surface area contributed by atoms with Crippen LogP contribution in [0.3, 0.4) is 0 Å². The zero-order valence-corrected chi connectivity index (χ0v) is 13.3. The summed E-state index contributed by atoms with van der Waals surface area (Å²) < 4.78 is 6.18. The zero-order chi connectivity index (χ0) is 15.0. The average molecular weight is 274 g/mol. The SMILES string of the molecule is C=C(OB(N(CC)CC)N(CC)CC)c1ccccc1. The van der Waals surface area contributed by atoms with Crippen molar-refractivity contribution in [3.8, 4) is 0 Å². The first-order valence-corrected chi connectivity index (χ1v) is 7.56. The number of nitrogens with zero attached hydrogens (tertiary/aromatic N) is 2. The molecule has 3 nitrogen and oxygen atoms in total. The zero-order valence-electron chi connectivity index (χ0n) is 13.3. The molecular formula is C16H27BN2O. The molecule has 0 fully saturated rings. The Labute approximate surface area is 124 Å². The molecule has 0 atom stereocenters. The normalized spacial score (nSPS) is 10.9. The number of rotatable bonds is 9. The van der Waals surface area contributed by atoms with Gasteiger partial charge in [-0.15, -0.1) is 0 Å². The van der Waals surface area contributed by atoms with Gasteiger partial charge in [-0.2, -0.15) is 0 Å². The van der Waals surface area contributed by atoms with E-state index in [2.05, 4.69) is 43.9 Å². The van der Waals surface area contributed by atoms with Gasteiger partial charge in [0, 0.05) is 5.56 Å². The van der Waals surface area contributed by atoms with Crippen LogP contribution in [0.4, 0.5) is 0 Å². The molecule has 0 aliphatic rings. The van der Waals surface area contributed by atoms with E-state index in [1.807, 2.05) is 30.3 Å². The highest BCUT2D eigenvalue weighted by Gasteiger charge is 2.32. The largest absolute Gasteiger partial charge is 0.548 e. The Kier molecular flexibility index (Phi) is 7.41. The van der Waals surface area contributed by atoms with Crippen molar-refractivity contribution in [3.05, 3.63) is 42.5 Å². The molecule has 0 aromatic heterocycles. The van der Waals surface area contributed by atoms with Crippen LogP contribution < -0.4 is 0 Å². The molecular weight excluding hydrogens is 247 g/mol. The smallest absolute Gasteiger partial charge is 0.533 e. The quantitative estimate of drug-likeness (QED) is 0.507. The Balaban J connectivity index is 2.86. The van der Waals surface area contributed by atoms with Crippen LogP contribution in [0.5, 0.6) is 0 Å². The lowest BCUT2D eigenvalue weighted by Crippen LogP contribution is -2.54. The lowest BCUT2D eigenvalue weighted by Gasteiger charge is -2.33. The van der Waals surface area contributed by atoms with E-state index >= 15 is 0 Å². The third kappa shape index (κ3) is 4.39. The number of benzene rings is 1. The molecule has 4 heteroatoms. The summed E-state index contributed by atoms with van der Waals surface area (Å²) in [6.07, 6.45) is 0. The van der Waals surface area contributed by atoms with Gasteiger partial charge in [-0.1, -0.05) is 64.6 Å². The van der Waals surface area contributed by atoms with Crippen molar-refractivity contribution in [2.24, 2.45) is 0 Å². The molecule has 0 aliphatic carbocycles. The highest BCUT2D eigenvalue weighted by molar-refractivity contribution is 6.46. The molecule has 1 aromatic carbocycles. The van der Waals surface area contributed by atoms with Gasteiger partial charge in [-0.05, 0) is 26.2 Å². The maximum absolute atomic E-state index is 6.18. The van der Waals surface area contributed by atoms with Gasteiger partial charge in [0.1, 0.15) is 5.76 Å². The molecule has 0 saturated heterocycles. The Hall–Kier alpha value is -1.26. The molecule has 1 rings (SSSR count). The predicted octanol–water partition coefficient (Wildman–Crippen LogP) is 3.34. The molecule has 110 valence electrons. The topological polar surface area (TPSA) is 15.7 Å². The molecule has 0 radical (unpaired) electrons. The van der Waals surface area contributed by atoms with Crippen molar-refractivity contribution in [1.29, 1.82) is 0 Å². The van der Waals surface area contributed by atoms with Gasteiger partial charge in [0.25, 0.3) is 0 Å². The van der Waals surface area contributed by atoms with Crippen molar-refractivity contribution >= 4 is 12.9 Å². The minimum Gasteiger partial charge on any atom is -0.533 e. The van der Waals surface area contributed by atoms with Crippen LogP contribution in [0, 0.1) is 0 Å². The molecule has 0 unspecified atom stereocenters. The van der Waals surface area contributed by atoms with E-state index in [9.17, 15) is 0 Å². The highest BCUT2D eigenvalue weighted by Crippen LogP contribution is 2.17. The summed E-state index contributed by atoms with van der Waals surface area (Å²) >= 11 is 0. The van der Waals surface area contributed by atoms with E-state index in [-0.39, 0.29) is 7.19 Å². The first-order valence-electron chi connectivity index (χ1n) is 7.56. The van der Waals surface area contributed by atoms with Gasteiger partial charge >= 0.3 is 7.19 Å². The molecule has 0 amide bonds. The Morgan fingerprint density at radius 1 is 0.950 bits per heavy atom. The van der Waals surface area contributed by atoms with Gasteiger partial charge in [0.15, 0.2) is 0 Å². The Morgan fingerprint density at radius 2 is 1.40 bits per heavy atom. The van der Waals surface area contributed by atoms with Crippen LogP contribution in [0.2, 0.25) is 0 Å². The molecule has 20 heavy (non-hydrogen) atoms. The maximum Gasteiger partial charge on any atom is 0.548 e. The second kappa shape index (κ2) is 8.82. The van der Waals surface area contributed by atoms with Crippen LogP contribution >= 0.6 is 0 Å². The van der Waals surface area contributed by atoms with Crippen molar-refractivity contribution in [3.63, 3.8) is 0 Å². The molecule has 0 N–H and O–H groups in total. The summed E-state index contributed by atoms with van der Waals surface area (Å²) in [6.45, 7) is 16.6. The van der Waals surface area contributed by atoms with E-state index < -0.39 is 0 Å². The highest BCUT2D eigenvalue weighted by atomic mass is 16.5. The summed E-state index contributed by atoms with van der Waals surface area (Å²) in [4.78, 5) is 4.61. The Morgan fingerprint density at radius 3 is 1.80 bits per heavy atom. The van der Waals surface area contributed by atoms with Crippen LogP contribution in [0.25, 0.3) is 5.76 Å². The van der Waals surface area contributed by atoms with Crippen molar-refractivity contribution in [2.75, 3.05) is 26.2 Å². The number of hydrogen-bond donors (Lipinski definition) is 0.